The smallest absolute Gasteiger partial charge is 0.246 e. The number of hydrazone groups is 1. The fourth-order valence-electron chi connectivity index (χ4n) is 2.40. The molecule has 0 fully saturated rings. The van der Waals surface area contributed by atoms with Gasteiger partial charge in [-0.3, -0.25) is 9.78 Å². The van der Waals surface area contributed by atoms with E-state index in [0.29, 0.717) is 21.8 Å². The number of thiazole rings is 1. The average Bonchev–Trinajstić information content (AvgIpc) is 3.14. The Morgan fingerprint density at radius 2 is 2.11 bits per heavy atom. The first kappa shape index (κ1) is 18.7. The molecule has 0 aliphatic heterocycles. The molecule has 138 valence electrons. The number of hydrogen-bond acceptors (Lipinski definition) is 7. The molecule has 0 aliphatic carbocycles. The second-order valence-corrected chi connectivity index (χ2v) is 6.69. The highest BCUT2D eigenvalue weighted by atomic mass is 32.1. The number of amides is 1. The third kappa shape index (κ3) is 4.55. The molecule has 0 saturated heterocycles. The van der Waals surface area contributed by atoms with Crippen LogP contribution < -0.4 is 5.43 Å². The predicted molar refractivity (Wildman–Crippen MR) is 104 cm³/mol. The third-order valence-corrected chi connectivity index (χ3v) is 4.69. The van der Waals surface area contributed by atoms with E-state index in [-0.39, 0.29) is 24.7 Å². The number of aromatic nitrogens is 2. The normalized spacial score (nSPS) is 11.0. The molecule has 0 spiro atoms. The molecule has 0 radical (unpaired) electrons. The lowest BCUT2D eigenvalue weighted by molar-refractivity contribution is -0.120. The van der Waals surface area contributed by atoms with Gasteiger partial charge in [0, 0.05) is 28.3 Å². The number of benzene rings is 1. The second-order valence-electron chi connectivity index (χ2n) is 5.75. The highest BCUT2D eigenvalue weighted by Crippen LogP contribution is 2.22. The van der Waals surface area contributed by atoms with E-state index in [0.717, 1.165) is 11.3 Å². The Morgan fingerprint density at radius 3 is 2.85 bits per heavy atom. The Kier molecular flexibility index (Phi) is 5.90. The van der Waals surface area contributed by atoms with Crippen molar-refractivity contribution in [2.75, 3.05) is 0 Å². The monoisotopic (exact) mass is 382 g/mol. The Balaban J connectivity index is 1.63. The van der Waals surface area contributed by atoms with Crippen molar-refractivity contribution in [3.63, 3.8) is 0 Å². The van der Waals surface area contributed by atoms with Crippen molar-refractivity contribution in [2.24, 2.45) is 5.10 Å². The molecule has 3 aromatic rings. The van der Waals surface area contributed by atoms with E-state index in [9.17, 15) is 15.0 Å². The number of carbonyl (C=O) groups excluding carboxylic acids is 1. The van der Waals surface area contributed by atoms with Crippen molar-refractivity contribution in [1.29, 1.82) is 0 Å². The molecular formula is C19H18N4O3S. The van der Waals surface area contributed by atoms with Gasteiger partial charge >= 0.3 is 0 Å². The van der Waals surface area contributed by atoms with Crippen molar-refractivity contribution >= 4 is 23.5 Å². The summed E-state index contributed by atoms with van der Waals surface area (Å²) >= 11 is 1.41. The number of carbonyl (C=O) groups is 1. The summed E-state index contributed by atoms with van der Waals surface area (Å²) in [5.41, 5.74) is 5.40. The molecule has 0 saturated carbocycles. The fraction of sp³-hybridized carbons (Fsp3) is 0.158. The summed E-state index contributed by atoms with van der Waals surface area (Å²) in [6.07, 6.45) is 2.85. The molecule has 3 N–H and O–H groups in total. The largest absolute Gasteiger partial charge is 0.505 e. The SMILES string of the molecule is Cc1ncc(CO)c(/C=N/NC(=O)Cc2nc(-c3ccccc3)cs2)c1O. The first-order chi connectivity index (χ1) is 13.1. The summed E-state index contributed by atoms with van der Waals surface area (Å²) in [6.45, 7) is 1.34. The van der Waals surface area contributed by atoms with E-state index in [1.54, 1.807) is 6.92 Å². The molecule has 2 aromatic heterocycles. The number of nitrogens with one attached hydrogen (secondary N) is 1. The van der Waals surface area contributed by atoms with Crippen molar-refractivity contribution in [2.45, 2.75) is 20.0 Å². The van der Waals surface area contributed by atoms with Gasteiger partial charge < -0.3 is 10.2 Å². The summed E-state index contributed by atoms with van der Waals surface area (Å²) in [7, 11) is 0. The van der Waals surface area contributed by atoms with Gasteiger partial charge in [-0.1, -0.05) is 30.3 Å². The summed E-state index contributed by atoms with van der Waals surface area (Å²) in [4.78, 5) is 20.5. The molecule has 3 rings (SSSR count). The maximum atomic E-state index is 12.1. The van der Waals surface area contributed by atoms with E-state index >= 15 is 0 Å². The minimum Gasteiger partial charge on any atom is -0.505 e. The zero-order chi connectivity index (χ0) is 19.2. The molecule has 7 nitrogen and oxygen atoms in total. The molecule has 1 amide bonds. The summed E-state index contributed by atoms with van der Waals surface area (Å²) in [6, 6.07) is 9.74. The van der Waals surface area contributed by atoms with Gasteiger partial charge in [0.25, 0.3) is 0 Å². The molecule has 27 heavy (non-hydrogen) atoms. The molecule has 2 heterocycles. The molecule has 1 aromatic carbocycles. The zero-order valence-corrected chi connectivity index (χ0v) is 15.4. The fourth-order valence-corrected chi connectivity index (χ4v) is 3.20. The maximum absolute atomic E-state index is 12.1. The molecule has 0 atom stereocenters. The second kappa shape index (κ2) is 8.52. The number of rotatable bonds is 6. The van der Waals surface area contributed by atoms with Crippen LogP contribution in [0.1, 0.15) is 21.8 Å². The Morgan fingerprint density at radius 1 is 1.33 bits per heavy atom. The van der Waals surface area contributed by atoms with Crippen LogP contribution in [0.25, 0.3) is 11.3 Å². The van der Waals surface area contributed by atoms with Crippen molar-refractivity contribution < 1.29 is 15.0 Å². The number of aromatic hydroxyl groups is 1. The molecule has 0 unspecified atom stereocenters. The topological polar surface area (TPSA) is 108 Å². The van der Waals surface area contributed by atoms with E-state index in [4.69, 9.17) is 0 Å². The lowest BCUT2D eigenvalue weighted by Crippen LogP contribution is -2.19. The van der Waals surface area contributed by atoms with Gasteiger partial charge in [-0.2, -0.15) is 5.10 Å². The van der Waals surface area contributed by atoms with Crippen LogP contribution >= 0.6 is 11.3 Å². The number of nitrogens with zero attached hydrogens (tertiary/aromatic N) is 3. The lowest BCUT2D eigenvalue weighted by atomic mass is 10.1. The van der Waals surface area contributed by atoms with Crippen molar-refractivity contribution in [3.05, 3.63) is 63.7 Å². The molecule has 8 heteroatoms. The van der Waals surface area contributed by atoms with Crippen LogP contribution in [0.15, 0.2) is 47.0 Å². The predicted octanol–water partition coefficient (Wildman–Crippen LogP) is 2.40. The van der Waals surface area contributed by atoms with Crippen LogP contribution in [-0.2, 0) is 17.8 Å². The van der Waals surface area contributed by atoms with Gasteiger partial charge in [-0.05, 0) is 6.92 Å². The van der Waals surface area contributed by atoms with Gasteiger partial charge in [-0.25, -0.2) is 10.4 Å². The highest BCUT2D eigenvalue weighted by Gasteiger charge is 2.11. The molecule has 0 bridgehead atoms. The highest BCUT2D eigenvalue weighted by molar-refractivity contribution is 7.10. The third-order valence-electron chi connectivity index (χ3n) is 3.84. The summed E-state index contributed by atoms with van der Waals surface area (Å²) < 4.78 is 0. The Bertz CT molecular complexity index is 970. The van der Waals surface area contributed by atoms with Crippen LogP contribution in [0.5, 0.6) is 5.75 Å². The zero-order valence-electron chi connectivity index (χ0n) is 14.6. The van der Waals surface area contributed by atoms with E-state index in [1.807, 2.05) is 35.7 Å². The first-order valence-electron chi connectivity index (χ1n) is 8.18. The number of aryl methyl sites for hydroxylation is 1. The van der Waals surface area contributed by atoms with Gasteiger partial charge in [-0.15, -0.1) is 11.3 Å². The van der Waals surface area contributed by atoms with Gasteiger partial charge in [0.15, 0.2) is 0 Å². The van der Waals surface area contributed by atoms with E-state index < -0.39 is 0 Å². The minimum atomic E-state index is -0.323. The maximum Gasteiger partial charge on any atom is 0.246 e. The summed E-state index contributed by atoms with van der Waals surface area (Å²) in [5.74, 6) is -0.400. The van der Waals surface area contributed by atoms with Crippen LogP contribution in [0.4, 0.5) is 0 Å². The number of hydrogen-bond donors (Lipinski definition) is 3. The van der Waals surface area contributed by atoms with Crippen molar-refractivity contribution in [3.8, 4) is 17.0 Å². The van der Waals surface area contributed by atoms with Gasteiger partial charge in [0.05, 0.1) is 30.6 Å². The Hall–Kier alpha value is -3.10. The molecule has 0 aliphatic rings. The van der Waals surface area contributed by atoms with Crippen LogP contribution in [0.3, 0.4) is 0 Å². The van der Waals surface area contributed by atoms with Crippen LogP contribution in [0.2, 0.25) is 0 Å². The minimum absolute atomic E-state index is 0.0769. The molecular weight excluding hydrogens is 364 g/mol. The van der Waals surface area contributed by atoms with E-state index in [1.165, 1.54) is 23.7 Å². The van der Waals surface area contributed by atoms with Crippen LogP contribution in [0, 0.1) is 6.92 Å². The van der Waals surface area contributed by atoms with Gasteiger partial charge in [0.1, 0.15) is 10.8 Å². The number of pyridine rings is 1. The average molecular weight is 382 g/mol. The van der Waals surface area contributed by atoms with Crippen LogP contribution in [-0.4, -0.2) is 32.3 Å². The van der Waals surface area contributed by atoms with Gasteiger partial charge in [0.2, 0.25) is 5.91 Å². The van der Waals surface area contributed by atoms with E-state index in [2.05, 4.69) is 20.5 Å². The first-order valence-corrected chi connectivity index (χ1v) is 9.06. The standard InChI is InChI=1S/C19H18N4O3S/c1-12-19(26)15(14(10-24)8-20-12)9-21-23-17(25)7-18-22-16(11-27-18)13-5-3-2-4-6-13/h2-6,8-9,11,24,26H,7,10H2,1H3,(H,23,25)/b21-9+. The summed E-state index contributed by atoms with van der Waals surface area (Å²) in [5, 5.41) is 25.8. The lowest BCUT2D eigenvalue weighted by Gasteiger charge is -2.06. The number of aliphatic hydroxyl groups excluding tert-OH is 1. The van der Waals surface area contributed by atoms with Crippen molar-refractivity contribution in [1.82, 2.24) is 15.4 Å². The quantitative estimate of drug-likeness (QED) is 0.448. The number of aliphatic hydroxyl groups is 1. The Labute approximate surface area is 160 Å².